The Morgan fingerprint density at radius 3 is 2.61 bits per heavy atom. The molecule has 126 valence electrons. The number of rotatable bonds is 3. The number of nitrogens with zero attached hydrogens (tertiary/aromatic N) is 2. The summed E-state index contributed by atoms with van der Waals surface area (Å²) in [6.07, 6.45) is -0.402. The molecule has 23 heavy (non-hydrogen) atoms. The van der Waals surface area contributed by atoms with Gasteiger partial charge in [0.1, 0.15) is 11.6 Å². The van der Waals surface area contributed by atoms with Crippen molar-refractivity contribution in [2.24, 2.45) is 0 Å². The van der Waals surface area contributed by atoms with Gasteiger partial charge in [-0.2, -0.15) is 0 Å². The first-order chi connectivity index (χ1) is 10.8. The van der Waals surface area contributed by atoms with Gasteiger partial charge in [0.05, 0.1) is 18.7 Å². The van der Waals surface area contributed by atoms with Crippen molar-refractivity contribution < 1.29 is 27.5 Å². The number of carbonyl (C=O) groups is 1. The molecule has 1 aromatic carbocycles. The van der Waals surface area contributed by atoms with Crippen molar-refractivity contribution in [2.45, 2.75) is 24.4 Å². The molecule has 0 aromatic heterocycles. The van der Waals surface area contributed by atoms with Gasteiger partial charge in [0.25, 0.3) is 11.8 Å². The Bertz CT molecular complexity index is 619. The molecule has 2 fully saturated rings. The molecule has 0 radical (unpaired) electrons. The molecule has 1 amide bonds. The number of likely N-dealkylation sites (tertiary alicyclic amines) is 2. The summed E-state index contributed by atoms with van der Waals surface area (Å²) >= 11 is 0. The zero-order chi connectivity index (χ0) is 16.8. The maximum Gasteiger partial charge on any atom is 0.262 e. The van der Waals surface area contributed by atoms with Crippen LogP contribution in [0, 0.1) is 11.6 Å². The molecule has 1 atom stereocenters. The van der Waals surface area contributed by atoms with E-state index in [1.807, 2.05) is 0 Å². The van der Waals surface area contributed by atoms with Gasteiger partial charge in [-0.25, -0.2) is 17.6 Å². The Morgan fingerprint density at radius 1 is 1.30 bits per heavy atom. The Kier molecular flexibility index (Phi) is 4.05. The number of benzene rings is 1. The molecule has 2 aliphatic heterocycles. The number of halogens is 4. The van der Waals surface area contributed by atoms with Gasteiger partial charge >= 0.3 is 0 Å². The summed E-state index contributed by atoms with van der Waals surface area (Å²) in [5.74, 6) is -5.16. The fraction of sp³-hybridized carbons (Fsp3) is 0.533. The van der Waals surface area contributed by atoms with E-state index in [1.165, 1.54) is 9.80 Å². The first-order valence-electron chi connectivity index (χ1n) is 7.29. The third kappa shape index (κ3) is 3.05. The molecule has 2 heterocycles. The van der Waals surface area contributed by atoms with Crippen LogP contribution in [0.2, 0.25) is 0 Å². The highest BCUT2D eigenvalue weighted by atomic mass is 19.3. The van der Waals surface area contributed by atoms with Crippen LogP contribution in [0.25, 0.3) is 0 Å². The normalized spacial score (nSPS) is 24.7. The SMILES string of the molecule is O=C(c1ccc(F)cc1F)N1CC(N2CC(F)(F)C[C@H]2CO)C1. The molecule has 1 aromatic rings. The van der Waals surface area contributed by atoms with Gasteiger partial charge in [0.15, 0.2) is 0 Å². The maximum absolute atomic E-state index is 13.6. The second-order valence-corrected chi connectivity index (χ2v) is 6.06. The number of amides is 1. The second-order valence-electron chi connectivity index (χ2n) is 6.06. The van der Waals surface area contributed by atoms with E-state index in [4.69, 9.17) is 0 Å². The van der Waals surface area contributed by atoms with Crippen molar-refractivity contribution in [1.82, 2.24) is 9.80 Å². The van der Waals surface area contributed by atoms with Crippen molar-refractivity contribution >= 4 is 5.91 Å². The minimum atomic E-state index is -2.85. The summed E-state index contributed by atoms with van der Waals surface area (Å²) in [7, 11) is 0. The quantitative estimate of drug-likeness (QED) is 0.853. The van der Waals surface area contributed by atoms with Gasteiger partial charge in [-0.3, -0.25) is 9.69 Å². The van der Waals surface area contributed by atoms with E-state index >= 15 is 0 Å². The summed E-state index contributed by atoms with van der Waals surface area (Å²) in [5.41, 5.74) is -0.240. The molecule has 4 nitrogen and oxygen atoms in total. The lowest BCUT2D eigenvalue weighted by molar-refractivity contribution is -0.0126. The third-order valence-corrected chi connectivity index (χ3v) is 4.41. The van der Waals surface area contributed by atoms with E-state index in [-0.39, 0.29) is 31.3 Å². The molecular weight excluding hydrogens is 316 g/mol. The third-order valence-electron chi connectivity index (χ3n) is 4.41. The van der Waals surface area contributed by atoms with Crippen LogP contribution in [0.15, 0.2) is 18.2 Å². The van der Waals surface area contributed by atoms with E-state index in [0.29, 0.717) is 6.07 Å². The largest absolute Gasteiger partial charge is 0.395 e. The van der Waals surface area contributed by atoms with Crippen LogP contribution < -0.4 is 0 Å². The van der Waals surface area contributed by atoms with E-state index in [1.54, 1.807) is 0 Å². The van der Waals surface area contributed by atoms with Gasteiger partial charge in [-0.15, -0.1) is 0 Å². The van der Waals surface area contributed by atoms with Crippen LogP contribution in [-0.2, 0) is 0 Å². The molecule has 0 unspecified atom stereocenters. The predicted octanol–water partition coefficient (Wildman–Crippen LogP) is 1.49. The molecule has 0 spiro atoms. The summed E-state index contributed by atoms with van der Waals surface area (Å²) in [6.45, 7) is -0.451. The second kappa shape index (κ2) is 5.76. The highest BCUT2D eigenvalue weighted by molar-refractivity contribution is 5.95. The van der Waals surface area contributed by atoms with E-state index in [0.717, 1.165) is 12.1 Å². The highest BCUT2D eigenvalue weighted by Gasteiger charge is 2.50. The maximum atomic E-state index is 13.6. The van der Waals surface area contributed by atoms with Crippen LogP contribution in [0.5, 0.6) is 0 Å². The van der Waals surface area contributed by atoms with Gasteiger partial charge in [0.2, 0.25) is 0 Å². The number of aliphatic hydroxyl groups excluding tert-OH is 1. The summed E-state index contributed by atoms with van der Waals surface area (Å²) in [5, 5.41) is 9.21. The van der Waals surface area contributed by atoms with Crippen LogP contribution >= 0.6 is 0 Å². The monoisotopic (exact) mass is 332 g/mol. The minimum Gasteiger partial charge on any atom is -0.395 e. The lowest BCUT2D eigenvalue weighted by atomic mass is 10.0. The van der Waals surface area contributed by atoms with Gasteiger partial charge in [0, 0.05) is 37.7 Å². The molecule has 0 saturated carbocycles. The van der Waals surface area contributed by atoms with Crippen molar-refractivity contribution in [3.05, 3.63) is 35.4 Å². The Morgan fingerprint density at radius 2 is 2.00 bits per heavy atom. The van der Waals surface area contributed by atoms with Crippen LogP contribution in [0.3, 0.4) is 0 Å². The molecule has 2 saturated heterocycles. The van der Waals surface area contributed by atoms with Crippen LogP contribution in [-0.4, -0.2) is 65.1 Å². The summed E-state index contributed by atoms with van der Waals surface area (Å²) in [6, 6.07) is 1.78. The fourth-order valence-electron chi connectivity index (χ4n) is 3.18. The van der Waals surface area contributed by atoms with Crippen LogP contribution in [0.1, 0.15) is 16.8 Å². The van der Waals surface area contributed by atoms with Gasteiger partial charge < -0.3 is 10.0 Å². The van der Waals surface area contributed by atoms with Gasteiger partial charge in [-0.05, 0) is 12.1 Å². The molecule has 3 rings (SSSR count). The van der Waals surface area contributed by atoms with Crippen molar-refractivity contribution in [3.8, 4) is 0 Å². The standard InChI is InChI=1S/C15H16F4N2O2/c16-9-1-2-12(13(17)3-9)14(23)20-5-11(6-20)21-8-15(18,19)4-10(21)7-22/h1-3,10-11,22H,4-8H2/t10-/m0/s1. The van der Waals surface area contributed by atoms with Crippen molar-refractivity contribution in [3.63, 3.8) is 0 Å². The van der Waals surface area contributed by atoms with Crippen LogP contribution in [0.4, 0.5) is 17.6 Å². The van der Waals surface area contributed by atoms with E-state index in [9.17, 15) is 27.5 Å². The first kappa shape index (κ1) is 16.2. The van der Waals surface area contributed by atoms with Crippen molar-refractivity contribution in [1.29, 1.82) is 0 Å². The number of carbonyl (C=O) groups excluding carboxylic acids is 1. The van der Waals surface area contributed by atoms with E-state index < -0.39 is 42.5 Å². The number of hydrogen-bond donors (Lipinski definition) is 1. The molecule has 1 N–H and O–H groups in total. The highest BCUT2D eigenvalue weighted by Crippen LogP contribution is 2.35. The molecule has 2 aliphatic rings. The summed E-state index contributed by atoms with van der Waals surface area (Å²) < 4.78 is 53.4. The lowest BCUT2D eigenvalue weighted by Gasteiger charge is -2.45. The molecule has 8 heteroatoms. The van der Waals surface area contributed by atoms with Gasteiger partial charge in [-0.1, -0.05) is 0 Å². The number of alkyl halides is 2. The Labute approximate surface area is 130 Å². The smallest absolute Gasteiger partial charge is 0.262 e. The molecule has 0 aliphatic carbocycles. The minimum absolute atomic E-state index is 0.183. The Balaban J connectivity index is 1.63. The van der Waals surface area contributed by atoms with Crippen molar-refractivity contribution in [2.75, 3.05) is 26.2 Å². The van der Waals surface area contributed by atoms with E-state index in [2.05, 4.69) is 0 Å². The summed E-state index contributed by atoms with van der Waals surface area (Å²) in [4.78, 5) is 15.0. The molecule has 0 bridgehead atoms. The Hall–Kier alpha value is -1.67. The predicted molar refractivity (Wildman–Crippen MR) is 73.2 cm³/mol. The average Bonchev–Trinajstić information content (AvgIpc) is 2.72. The number of aliphatic hydroxyl groups is 1. The molecular formula is C15H16F4N2O2. The number of hydrogen-bond acceptors (Lipinski definition) is 3. The lowest BCUT2D eigenvalue weighted by Crippen LogP contribution is -2.62. The average molecular weight is 332 g/mol. The zero-order valence-corrected chi connectivity index (χ0v) is 12.2. The fourth-order valence-corrected chi connectivity index (χ4v) is 3.18. The topological polar surface area (TPSA) is 43.8 Å². The first-order valence-corrected chi connectivity index (χ1v) is 7.29. The zero-order valence-electron chi connectivity index (χ0n) is 12.2.